The molecule has 0 bridgehead atoms. The maximum Gasteiger partial charge on any atom is 0.187 e. The smallest absolute Gasteiger partial charge is 0.187 e. The molecule has 2 aliphatic heterocycles. The van der Waals surface area contributed by atoms with Crippen LogP contribution in [-0.2, 0) is 0 Å². The van der Waals surface area contributed by atoms with Gasteiger partial charge in [0.05, 0.1) is 33.6 Å². The molecule has 0 aromatic heterocycles. The molecule has 0 N–H and O–H groups in total. The van der Waals surface area contributed by atoms with Gasteiger partial charge < -0.3 is 14.2 Å². The van der Waals surface area contributed by atoms with E-state index in [4.69, 9.17) is 19.3 Å². The predicted molar refractivity (Wildman–Crippen MR) is 160 cm³/mol. The van der Waals surface area contributed by atoms with Crippen LogP contribution in [0.2, 0.25) is 0 Å². The number of hydrogen-bond donors (Lipinski definition) is 0. The summed E-state index contributed by atoms with van der Waals surface area (Å²) in [7, 11) is 4.63. The van der Waals surface area contributed by atoms with Crippen LogP contribution in [0.15, 0.2) is 96.1 Å². The molecule has 3 unspecified atom stereocenters. The van der Waals surface area contributed by atoms with Crippen LogP contribution < -0.4 is 14.2 Å². The molecule has 8 heteroatoms. The monoisotopic (exact) mass is 572 g/mol. The minimum absolute atomic E-state index is 0.285. The molecule has 1 saturated heterocycles. The Bertz CT molecular complexity index is 1790. The first kappa shape index (κ1) is 26.6. The fourth-order valence-electron chi connectivity index (χ4n) is 7.13. The van der Waals surface area contributed by atoms with Crippen molar-refractivity contribution in [3.63, 3.8) is 0 Å². The zero-order valence-electron chi connectivity index (χ0n) is 23.8. The second kappa shape index (κ2) is 9.94. The Kier molecular flexibility index (Phi) is 6.16. The summed E-state index contributed by atoms with van der Waals surface area (Å²) in [5.74, 6) is -0.396. The number of rotatable bonds is 6. The summed E-state index contributed by atoms with van der Waals surface area (Å²) in [6.07, 6.45) is 1.69. The number of benzene rings is 4. The van der Waals surface area contributed by atoms with Gasteiger partial charge in [0.1, 0.15) is 28.7 Å². The first-order valence-corrected chi connectivity index (χ1v) is 14.0. The Morgan fingerprint density at radius 3 is 2.02 bits per heavy atom. The SMILES string of the molecule is COc1ccc(C(=O)C2C(c3cc(OC)ccc3OC)C3(C(=O)c4ccccc4C3=O)C3c4ccccc4C=NN23)cc1. The van der Waals surface area contributed by atoms with Crippen molar-refractivity contribution in [3.05, 3.63) is 124 Å². The van der Waals surface area contributed by atoms with Crippen LogP contribution in [0.3, 0.4) is 0 Å². The fourth-order valence-corrected chi connectivity index (χ4v) is 7.13. The lowest BCUT2D eigenvalue weighted by molar-refractivity contribution is 0.0585. The van der Waals surface area contributed by atoms with E-state index < -0.39 is 23.4 Å². The Hall–Kier alpha value is -5.24. The molecule has 4 aromatic carbocycles. The Morgan fingerprint density at radius 2 is 1.37 bits per heavy atom. The summed E-state index contributed by atoms with van der Waals surface area (Å²) < 4.78 is 16.7. The average molecular weight is 573 g/mol. The minimum atomic E-state index is -1.72. The lowest BCUT2D eigenvalue weighted by Crippen LogP contribution is -2.44. The molecule has 7 rings (SSSR count). The maximum absolute atomic E-state index is 14.9. The number of ether oxygens (including phenoxy) is 3. The molecule has 1 aliphatic carbocycles. The molecule has 1 spiro atoms. The molecule has 1 fully saturated rings. The molecule has 2 heterocycles. The Morgan fingerprint density at radius 1 is 0.744 bits per heavy atom. The molecule has 4 aromatic rings. The number of hydrazone groups is 1. The number of ketones is 3. The molecule has 214 valence electrons. The highest BCUT2D eigenvalue weighted by Crippen LogP contribution is 2.65. The van der Waals surface area contributed by atoms with Gasteiger partial charge in [0.2, 0.25) is 0 Å². The van der Waals surface area contributed by atoms with Crippen molar-refractivity contribution in [2.45, 2.75) is 18.0 Å². The summed E-state index contributed by atoms with van der Waals surface area (Å²) in [4.78, 5) is 44.6. The first-order chi connectivity index (χ1) is 20.9. The number of Topliss-reactive ketones (excluding diaryl/α,β-unsaturated/α-hetero) is 3. The third-order valence-electron chi connectivity index (χ3n) is 8.99. The standard InChI is InChI=1S/C35H28N2O6/c1-41-22-14-12-20(13-15-22)31(38)30-29(27-18-23(42-2)16-17-28(27)43-3)35(33(39)25-10-6-7-11-26(25)34(35)40)32-24-9-5-4-8-21(24)19-36-37(30)32/h4-19,29-30,32H,1-3H3. The lowest BCUT2D eigenvalue weighted by Gasteiger charge is -2.36. The van der Waals surface area contributed by atoms with Crippen LogP contribution in [0, 0.1) is 5.41 Å². The zero-order chi connectivity index (χ0) is 29.9. The van der Waals surface area contributed by atoms with E-state index in [1.807, 2.05) is 24.3 Å². The van der Waals surface area contributed by atoms with Crippen molar-refractivity contribution >= 4 is 23.6 Å². The van der Waals surface area contributed by atoms with Crippen LogP contribution in [0.1, 0.15) is 59.7 Å². The van der Waals surface area contributed by atoms with E-state index in [9.17, 15) is 14.4 Å². The molecule has 43 heavy (non-hydrogen) atoms. The van der Waals surface area contributed by atoms with Gasteiger partial charge in [0, 0.05) is 28.2 Å². The van der Waals surface area contributed by atoms with Gasteiger partial charge in [-0.25, -0.2) is 0 Å². The highest BCUT2D eigenvalue weighted by atomic mass is 16.5. The molecule has 8 nitrogen and oxygen atoms in total. The second-order valence-electron chi connectivity index (χ2n) is 10.9. The summed E-state index contributed by atoms with van der Waals surface area (Å²) >= 11 is 0. The first-order valence-electron chi connectivity index (χ1n) is 14.0. The molecule has 3 aliphatic rings. The fraction of sp³-hybridized carbons (Fsp3) is 0.200. The molecule has 0 amide bonds. The van der Waals surface area contributed by atoms with Crippen LogP contribution in [0.25, 0.3) is 0 Å². The van der Waals surface area contributed by atoms with Gasteiger partial charge >= 0.3 is 0 Å². The van der Waals surface area contributed by atoms with Gasteiger partial charge in [-0.3, -0.25) is 19.4 Å². The Balaban J connectivity index is 1.56. The highest BCUT2D eigenvalue weighted by molar-refractivity contribution is 6.31. The lowest BCUT2D eigenvalue weighted by atomic mass is 9.62. The molecule has 0 radical (unpaired) electrons. The van der Waals surface area contributed by atoms with Crippen molar-refractivity contribution in [3.8, 4) is 17.2 Å². The van der Waals surface area contributed by atoms with Crippen LogP contribution in [0.5, 0.6) is 17.2 Å². The molecular weight excluding hydrogens is 544 g/mol. The number of methoxy groups -OCH3 is 3. The van der Waals surface area contributed by atoms with Crippen molar-refractivity contribution in [2.75, 3.05) is 21.3 Å². The molecule has 3 atom stereocenters. The quantitative estimate of drug-likeness (QED) is 0.222. The van der Waals surface area contributed by atoms with E-state index in [0.29, 0.717) is 39.5 Å². The predicted octanol–water partition coefficient (Wildman–Crippen LogP) is 5.52. The summed E-state index contributed by atoms with van der Waals surface area (Å²) in [6, 6.07) is 24.6. The van der Waals surface area contributed by atoms with Gasteiger partial charge in [-0.2, -0.15) is 5.10 Å². The average Bonchev–Trinajstić information content (AvgIpc) is 3.50. The topological polar surface area (TPSA) is 94.5 Å². The summed E-state index contributed by atoms with van der Waals surface area (Å²) in [6.45, 7) is 0. The molecular formula is C35H28N2O6. The third kappa shape index (κ3) is 3.62. The number of hydrogen-bond acceptors (Lipinski definition) is 8. The van der Waals surface area contributed by atoms with E-state index in [1.165, 1.54) is 7.11 Å². The maximum atomic E-state index is 14.9. The van der Waals surface area contributed by atoms with Gasteiger partial charge in [-0.05, 0) is 53.6 Å². The van der Waals surface area contributed by atoms with Crippen LogP contribution in [-0.4, -0.2) is 55.9 Å². The van der Waals surface area contributed by atoms with E-state index in [-0.39, 0.29) is 17.3 Å². The van der Waals surface area contributed by atoms with Gasteiger partial charge in [0.25, 0.3) is 0 Å². The minimum Gasteiger partial charge on any atom is -0.497 e. The van der Waals surface area contributed by atoms with E-state index >= 15 is 0 Å². The van der Waals surface area contributed by atoms with Gasteiger partial charge in [-0.1, -0.05) is 48.5 Å². The number of nitrogens with zero attached hydrogens (tertiary/aromatic N) is 2. The number of carbonyl (C=O) groups excluding carboxylic acids is 3. The van der Waals surface area contributed by atoms with Crippen molar-refractivity contribution in [2.24, 2.45) is 10.5 Å². The van der Waals surface area contributed by atoms with E-state index in [1.54, 1.807) is 92.2 Å². The van der Waals surface area contributed by atoms with Crippen LogP contribution >= 0.6 is 0 Å². The number of fused-ring (bicyclic) bond motifs is 5. The summed E-state index contributed by atoms with van der Waals surface area (Å²) in [5.41, 5.74) is 1.41. The second-order valence-corrected chi connectivity index (χ2v) is 10.9. The summed E-state index contributed by atoms with van der Waals surface area (Å²) in [5, 5.41) is 6.47. The molecule has 0 saturated carbocycles. The van der Waals surface area contributed by atoms with Crippen molar-refractivity contribution < 1.29 is 28.6 Å². The van der Waals surface area contributed by atoms with E-state index in [0.717, 1.165) is 11.1 Å². The number of carbonyl (C=O) groups is 3. The van der Waals surface area contributed by atoms with Crippen molar-refractivity contribution in [1.82, 2.24) is 5.01 Å². The largest absolute Gasteiger partial charge is 0.497 e. The van der Waals surface area contributed by atoms with Crippen LogP contribution in [0.4, 0.5) is 0 Å². The normalized spacial score (nSPS) is 20.9. The Labute approximate surface area is 248 Å². The van der Waals surface area contributed by atoms with E-state index in [2.05, 4.69) is 0 Å². The zero-order valence-corrected chi connectivity index (χ0v) is 23.8. The van der Waals surface area contributed by atoms with Crippen molar-refractivity contribution in [1.29, 1.82) is 0 Å². The third-order valence-corrected chi connectivity index (χ3v) is 8.99. The van der Waals surface area contributed by atoms with Gasteiger partial charge in [-0.15, -0.1) is 0 Å². The van der Waals surface area contributed by atoms with Gasteiger partial charge in [0.15, 0.2) is 17.3 Å². The highest BCUT2D eigenvalue weighted by Gasteiger charge is 2.73.